The number of amides is 1. The van der Waals surface area contributed by atoms with E-state index in [4.69, 9.17) is 4.74 Å². The molecular formula is C21H30N2O4S. The lowest BCUT2D eigenvalue weighted by molar-refractivity contribution is -0.138. The highest BCUT2D eigenvalue weighted by Crippen LogP contribution is 2.35. The van der Waals surface area contributed by atoms with E-state index >= 15 is 0 Å². The van der Waals surface area contributed by atoms with E-state index in [1.165, 1.54) is 11.1 Å². The number of benzene rings is 1. The summed E-state index contributed by atoms with van der Waals surface area (Å²) in [5.74, 6) is 1.34. The molecule has 7 heteroatoms. The van der Waals surface area contributed by atoms with Gasteiger partial charge in [-0.15, -0.1) is 0 Å². The van der Waals surface area contributed by atoms with Gasteiger partial charge in [0.25, 0.3) is 0 Å². The van der Waals surface area contributed by atoms with E-state index in [0.29, 0.717) is 19.4 Å². The van der Waals surface area contributed by atoms with Crippen LogP contribution in [0.15, 0.2) is 18.2 Å². The molecule has 0 aromatic heterocycles. The summed E-state index contributed by atoms with van der Waals surface area (Å²) >= 11 is 0. The van der Waals surface area contributed by atoms with Gasteiger partial charge in [0.15, 0.2) is 9.84 Å². The maximum Gasteiger partial charge on any atom is 0.223 e. The largest absolute Gasteiger partial charge is 0.484 e. The van der Waals surface area contributed by atoms with Crippen molar-refractivity contribution in [3.63, 3.8) is 0 Å². The Labute approximate surface area is 167 Å². The van der Waals surface area contributed by atoms with Gasteiger partial charge in [-0.25, -0.2) is 8.42 Å². The summed E-state index contributed by atoms with van der Waals surface area (Å²) < 4.78 is 30.0. The number of carbonyl (C=O) groups excluding carboxylic acids is 1. The number of nitrogens with zero attached hydrogens (tertiary/aromatic N) is 2. The van der Waals surface area contributed by atoms with Gasteiger partial charge in [-0.2, -0.15) is 0 Å². The van der Waals surface area contributed by atoms with Crippen LogP contribution in [0.4, 0.5) is 0 Å². The van der Waals surface area contributed by atoms with Crippen molar-refractivity contribution in [3.8, 4) is 5.75 Å². The molecule has 28 heavy (non-hydrogen) atoms. The van der Waals surface area contributed by atoms with Gasteiger partial charge in [-0.05, 0) is 45.2 Å². The molecule has 4 rings (SSSR count). The first-order chi connectivity index (χ1) is 13.2. The zero-order valence-electron chi connectivity index (χ0n) is 16.8. The molecule has 1 spiro atoms. The molecular weight excluding hydrogens is 376 g/mol. The maximum absolute atomic E-state index is 12.9. The second-order valence-corrected chi connectivity index (χ2v) is 11.2. The molecule has 0 N–H and O–H groups in total. The summed E-state index contributed by atoms with van der Waals surface area (Å²) in [5, 5.41) is 0. The smallest absolute Gasteiger partial charge is 0.223 e. The number of carbonyl (C=O) groups is 1. The molecule has 1 amide bonds. The monoisotopic (exact) mass is 406 g/mol. The number of likely N-dealkylation sites (N-methyl/N-ethyl adjacent to an activating group) is 1. The van der Waals surface area contributed by atoms with Gasteiger partial charge in [-0.1, -0.05) is 17.7 Å². The Kier molecular flexibility index (Phi) is 5.16. The number of rotatable bonds is 2. The van der Waals surface area contributed by atoms with E-state index < -0.39 is 15.4 Å². The summed E-state index contributed by atoms with van der Waals surface area (Å²) in [7, 11) is -0.846. The molecule has 3 heterocycles. The molecule has 1 aromatic rings. The van der Waals surface area contributed by atoms with E-state index in [1.54, 1.807) is 0 Å². The van der Waals surface area contributed by atoms with Crippen LogP contribution >= 0.6 is 0 Å². The van der Waals surface area contributed by atoms with E-state index in [9.17, 15) is 13.2 Å². The summed E-state index contributed by atoms with van der Waals surface area (Å²) in [6, 6.07) is 6.30. The van der Waals surface area contributed by atoms with Gasteiger partial charge in [0, 0.05) is 31.6 Å². The van der Waals surface area contributed by atoms with Crippen LogP contribution in [-0.4, -0.2) is 67.9 Å². The summed E-state index contributed by atoms with van der Waals surface area (Å²) in [4.78, 5) is 17.1. The number of hydrogen-bond acceptors (Lipinski definition) is 5. The van der Waals surface area contributed by atoms with Crippen LogP contribution in [0.2, 0.25) is 0 Å². The fourth-order valence-electron chi connectivity index (χ4n) is 4.97. The molecule has 0 saturated carbocycles. The third-order valence-electron chi connectivity index (χ3n) is 6.22. The van der Waals surface area contributed by atoms with Crippen molar-refractivity contribution < 1.29 is 17.9 Å². The van der Waals surface area contributed by atoms with E-state index in [-0.39, 0.29) is 23.3 Å². The van der Waals surface area contributed by atoms with Crippen LogP contribution < -0.4 is 4.74 Å². The van der Waals surface area contributed by atoms with Crippen molar-refractivity contribution in [1.29, 1.82) is 0 Å². The van der Waals surface area contributed by atoms with Crippen LogP contribution in [0.25, 0.3) is 0 Å². The van der Waals surface area contributed by atoms with Crippen LogP contribution in [0, 0.1) is 12.8 Å². The summed E-state index contributed by atoms with van der Waals surface area (Å²) in [6.45, 7) is 5.01. The van der Waals surface area contributed by atoms with E-state index in [1.807, 2.05) is 4.90 Å². The SMILES string of the molecule is Cc1ccc2c(c1)CN(C)CC1(CCCN(C(=O)CC3CCS(=O)(=O)C3)C1)O2. The zero-order chi connectivity index (χ0) is 19.9. The highest BCUT2D eigenvalue weighted by Gasteiger charge is 2.42. The fraction of sp³-hybridized carbons (Fsp3) is 0.667. The molecule has 2 fully saturated rings. The number of likely N-dealkylation sites (tertiary alicyclic amines) is 1. The Morgan fingerprint density at radius 3 is 2.89 bits per heavy atom. The van der Waals surface area contributed by atoms with Gasteiger partial charge < -0.3 is 9.64 Å². The minimum atomic E-state index is -2.95. The van der Waals surface area contributed by atoms with Crippen LogP contribution in [0.5, 0.6) is 5.75 Å². The van der Waals surface area contributed by atoms with E-state index in [2.05, 4.69) is 37.1 Å². The lowest BCUT2D eigenvalue weighted by Gasteiger charge is -2.43. The van der Waals surface area contributed by atoms with Crippen molar-refractivity contribution >= 4 is 15.7 Å². The lowest BCUT2D eigenvalue weighted by atomic mass is 9.91. The molecule has 0 aliphatic carbocycles. The first-order valence-corrected chi connectivity index (χ1v) is 12.0. The Morgan fingerprint density at radius 1 is 1.32 bits per heavy atom. The zero-order valence-corrected chi connectivity index (χ0v) is 17.6. The number of fused-ring (bicyclic) bond motifs is 1. The van der Waals surface area contributed by atoms with Crippen molar-refractivity contribution in [2.45, 2.75) is 44.8 Å². The minimum Gasteiger partial charge on any atom is -0.484 e. The highest BCUT2D eigenvalue weighted by molar-refractivity contribution is 7.91. The van der Waals surface area contributed by atoms with E-state index in [0.717, 1.165) is 38.2 Å². The normalized spacial score (nSPS) is 29.9. The topological polar surface area (TPSA) is 66.9 Å². The first-order valence-electron chi connectivity index (χ1n) is 10.2. The quantitative estimate of drug-likeness (QED) is 0.752. The van der Waals surface area contributed by atoms with Gasteiger partial charge >= 0.3 is 0 Å². The standard InChI is InChI=1S/C21H30N2O4S/c1-16-4-5-19-18(10-16)12-22(2)14-21(27-19)7-3-8-23(15-21)20(24)11-17-6-9-28(25,26)13-17/h4-5,10,17H,3,6-9,11-15H2,1-2H3. The van der Waals surface area contributed by atoms with Crippen molar-refractivity contribution in [2.24, 2.45) is 5.92 Å². The predicted octanol–water partition coefficient (Wildman–Crippen LogP) is 2.01. The Morgan fingerprint density at radius 2 is 2.14 bits per heavy atom. The Bertz CT molecular complexity index is 869. The Balaban J connectivity index is 1.49. The molecule has 0 bridgehead atoms. The molecule has 3 aliphatic heterocycles. The second-order valence-electron chi connectivity index (χ2n) is 8.96. The molecule has 6 nitrogen and oxygen atoms in total. The fourth-order valence-corrected chi connectivity index (χ4v) is 6.83. The highest BCUT2D eigenvalue weighted by atomic mass is 32.2. The lowest BCUT2D eigenvalue weighted by Crippen LogP contribution is -2.57. The van der Waals surface area contributed by atoms with Gasteiger partial charge in [0.2, 0.25) is 5.91 Å². The van der Waals surface area contributed by atoms with Crippen LogP contribution in [0.1, 0.15) is 36.8 Å². The molecule has 2 unspecified atom stereocenters. The Hall–Kier alpha value is -1.60. The molecule has 2 atom stereocenters. The molecule has 3 aliphatic rings. The van der Waals surface area contributed by atoms with Crippen molar-refractivity contribution in [3.05, 3.63) is 29.3 Å². The van der Waals surface area contributed by atoms with Crippen LogP contribution in [-0.2, 0) is 21.2 Å². The number of hydrogen-bond donors (Lipinski definition) is 0. The maximum atomic E-state index is 12.9. The van der Waals surface area contributed by atoms with Crippen LogP contribution in [0.3, 0.4) is 0 Å². The number of ether oxygens (including phenoxy) is 1. The second kappa shape index (κ2) is 7.34. The average molecular weight is 407 g/mol. The first kappa shape index (κ1) is 19.7. The third-order valence-corrected chi connectivity index (χ3v) is 8.06. The molecule has 1 aromatic carbocycles. The third kappa shape index (κ3) is 4.20. The van der Waals surface area contributed by atoms with Gasteiger partial charge in [-0.3, -0.25) is 9.69 Å². The predicted molar refractivity (Wildman–Crippen MR) is 108 cm³/mol. The summed E-state index contributed by atoms with van der Waals surface area (Å²) in [6.07, 6.45) is 2.77. The summed E-state index contributed by atoms with van der Waals surface area (Å²) in [5.41, 5.74) is 2.02. The number of sulfone groups is 1. The minimum absolute atomic E-state index is 0.0307. The number of piperidine rings is 1. The molecule has 2 saturated heterocycles. The van der Waals surface area contributed by atoms with Gasteiger partial charge in [0.1, 0.15) is 11.4 Å². The van der Waals surface area contributed by atoms with Crippen molar-refractivity contribution in [2.75, 3.05) is 38.2 Å². The van der Waals surface area contributed by atoms with Gasteiger partial charge in [0.05, 0.1) is 18.1 Å². The number of aryl methyl sites for hydroxylation is 1. The molecule has 154 valence electrons. The average Bonchev–Trinajstić information content (AvgIpc) is 2.88. The van der Waals surface area contributed by atoms with Crippen molar-refractivity contribution in [1.82, 2.24) is 9.80 Å². The molecule has 0 radical (unpaired) electrons.